The molecule has 4 aromatic carbocycles. The van der Waals surface area contributed by atoms with Crippen LogP contribution in [-0.2, 0) is 21.4 Å². The van der Waals surface area contributed by atoms with Crippen molar-refractivity contribution in [3.8, 4) is 22.5 Å². The average Bonchev–Trinajstić information content (AvgIpc) is 3.18. The zero-order chi connectivity index (χ0) is 40.5. The molecule has 0 atom stereocenters. The molecule has 8 heteroatoms. The molecule has 2 N–H and O–H groups in total. The van der Waals surface area contributed by atoms with Crippen molar-refractivity contribution in [2.24, 2.45) is 4.99 Å². The zero-order valence-corrected chi connectivity index (χ0v) is 34.9. The summed E-state index contributed by atoms with van der Waals surface area (Å²) in [5.74, 6) is 1.39. The van der Waals surface area contributed by atoms with Gasteiger partial charge in [-0.25, -0.2) is 9.79 Å². The first-order valence-corrected chi connectivity index (χ1v) is 21.2. The number of nitrogens with one attached hydrogen (secondary N) is 1. The van der Waals surface area contributed by atoms with Crippen LogP contribution in [0.3, 0.4) is 0 Å². The molecule has 57 heavy (non-hydrogen) atoms. The summed E-state index contributed by atoms with van der Waals surface area (Å²) in [6.45, 7) is 13.3. The molecule has 1 aliphatic carbocycles. The number of carbonyl (C=O) groups excluding carboxylic acids is 1. The van der Waals surface area contributed by atoms with Gasteiger partial charge in [-0.1, -0.05) is 88.7 Å². The van der Waals surface area contributed by atoms with E-state index in [1.54, 1.807) is 0 Å². The smallest absolute Gasteiger partial charge is 0.338 e. The number of carboxylic acids is 1. The minimum Gasteiger partial charge on any atom is -0.481 e. The van der Waals surface area contributed by atoms with Crippen LogP contribution >= 0.6 is 11.8 Å². The Labute approximate surface area is 340 Å². The number of fused-ring (bicyclic) bond motifs is 2. The molecule has 6 rings (SSSR count). The highest BCUT2D eigenvalue weighted by atomic mass is 32.2. The molecule has 0 saturated heterocycles. The van der Waals surface area contributed by atoms with Gasteiger partial charge in [0.05, 0.1) is 23.2 Å². The largest absolute Gasteiger partial charge is 0.481 e. The third kappa shape index (κ3) is 10.2. The lowest BCUT2D eigenvalue weighted by Crippen LogP contribution is -2.13. The van der Waals surface area contributed by atoms with E-state index in [0.29, 0.717) is 29.9 Å². The van der Waals surface area contributed by atoms with Gasteiger partial charge in [0, 0.05) is 46.4 Å². The molecular formula is C49H54N2O5S. The normalized spacial score (nSPS) is 12.0. The topological polar surface area (TPSA) is 101 Å². The number of aliphatic carboxylic acids is 1. The number of hydrogen-bond donors (Lipinski definition) is 2. The van der Waals surface area contributed by atoms with Crippen molar-refractivity contribution in [3.05, 3.63) is 130 Å². The number of ether oxygens (including phenoxy) is 1. The zero-order valence-electron chi connectivity index (χ0n) is 34.0. The molecule has 0 saturated carbocycles. The minimum atomic E-state index is -0.741. The summed E-state index contributed by atoms with van der Waals surface area (Å²) in [5, 5.41) is 14.2. The Morgan fingerprint density at radius 1 is 0.825 bits per heavy atom. The van der Waals surface area contributed by atoms with Gasteiger partial charge in [-0.2, -0.15) is 11.8 Å². The number of para-hydroxylation sites is 2. The van der Waals surface area contributed by atoms with E-state index in [1.165, 1.54) is 16.7 Å². The molecule has 0 bridgehead atoms. The first-order chi connectivity index (χ1) is 27.4. The third-order valence-corrected chi connectivity index (χ3v) is 11.4. The van der Waals surface area contributed by atoms with E-state index < -0.39 is 5.97 Å². The number of rotatable bonds is 16. The molecule has 0 aromatic heterocycles. The van der Waals surface area contributed by atoms with Gasteiger partial charge in [0.15, 0.2) is 0 Å². The molecular weight excluding hydrogens is 729 g/mol. The van der Waals surface area contributed by atoms with Crippen LogP contribution < -0.4 is 10.7 Å². The van der Waals surface area contributed by atoms with E-state index in [9.17, 15) is 9.59 Å². The van der Waals surface area contributed by atoms with E-state index in [-0.39, 0.29) is 17.8 Å². The van der Waals surface area contributed by atoms with E-state index in [4.69, 9.17) is 19.3 Å². The maximum Gasteiger partial charge on any atom is 0.338 e. The molecule has 0 unspecified atom stereocenters. The van der Waals surface area contributed by atoms with Crippen LogP contribution in [-0.4, -0.2) is 35.2 Å². The fraction of sp³-hybridized carbons (Fsp3) is 0.327. The van der Waals surface area contributed by atoms with Gasteiger partial charge in [0.1, 0.15) is 11.3 Å². The van der Waals surface area contributed by atoms with Gasteiger partial charge in [0.2, 0.25) is 0 Å². The van der Waals surface area contributed by atoms with Crippen molar-refractivity contribution >= 4 is 51.7 Å². The Hall–Kier alpha value is -5.34. The van der Waals surface area contributed by atoms with Crippen LogP contribution in [0.25, 0.3) is 33.4 Å². The van der Waals surface area contributed by atoms with Crippen molar-refractivity contribution in [1.82, 2.24) is 0 Å². The second kappa shape index (κ2) is 18.7. The SMILES string of the molecule is CCc1cccc(C)c1Nc1ccc2c(-c3ccccc3C(=O)OCCCSCCCCCC(=O)O)c3cc/c(=N\c4c(C)cccc4C(C)(C)C)cc-3oc2c1. The maximum absolute atomic E-state index is 13.8. The summed E-state index contributed by atoms with van der Waals surface area (Å²) in [7, 11) is 0. The van der Waals surface area contributed by atoms with Crippen molar-refractivity contribution in [3.63, 3.8) is 0 Å². The molecule has 1 aliphatic heterocycles. The van der Waals surface area contributed by atoms with Gasteiger partial charge < -0.3 is 19.6 Å². The highest BCUT2D eigenvalue weighted by molar-refractivity contribution is 7.99. The predicted molar refractivity (Wildman–Crippen MR) is 236 cm³/mol. The summed E-state index contributed by atoms with van der Waals surface area (Å²) < 4.78 is 12.7. The van der Waals surface area contributed by atoms with Crippen LogP contribution in [0.1, 0.15) is 92.4 Å². The predicted octanol–water partition coefficient (Wildman–Crippen LogP) is 12.6. The van der Waals surface area contributed by atoms with E-state index >= 15 is 0 Å². The lowest BCUT2D eigenvalue weighted by atomic mass is 9.84. The van der Waals surface area contributed by atoms with Gasteiger partial charge in [-0.05, 0) is 115 Å². The molecule has 296 valence electrons. The number of esters is 1. The summed E-state index contributed by atoms with van der Waals surface area (Å²) in [6.07, 6.45) is 4.47. The fourth-order valence-corrected chi connectivity index (χ4v) is 8.18. The second-order valence-corrected chi connectivity index (χ2v) is 16.9. The quantitative estimate of drug-likeness (QED) is 0.0572. The molecule has 0 spiro atoms. The Balaban J connectivity index is 1.37. The second-order valence-electron chi connectivity index (χ2n) is 15.6. The summed E-state index contributed by atoms with van der Waals surface area (Å²) in [5.41, 5.74) is 11.3. The van der Waals surface area contributed by atoms with E-state index in [2.05, 4.69) is 101 Å². The molecule has 2 aliphatic rings. The first kappa shape index (κ1) is 41.3. The van der Waals surface area contributed by atoms with Crippen LogP contribution in [0.4, 0.5) is 17.1 Å². The van der Waals surface area contributed by atoms with Crippen molar-refractivity contribution in [2.75, 3.05) is 23.4 Å². The van der Waals surface area contributed by atoms with Crippen LogP contribution in [0.5, 0.6) is 0 Å². The molecule has 4 aromatic rings. The third-order valence-electron chi connectivity index (χ3n) is 10.3. The number of unbranched alkanes of at least 4 members (excludes halogenated alkanes) is 2. The Morgan fingerprint density at radius 3 is 2.39 bits per heavy atom. The number of hydrogen-bond acceptors (Lipinski definition) is 7. The number of carboxylic acid groups (broad SMARTS) is 1. The molecule has 0 radical (unpaired) electrons. The van der Waals surface area contributed by atoms with Crippen LogP contribution in [0.15, 0.2) is 106 Å². The van der Waals surface area contributed by atoms with Crippen molar-refractivity contribution < 1.29 is 23.8 Å². The van der Waals surface area contributed by atoms with Crippen LogP contribution in [0, 0.1) is 13.8 Å². The van der Waals surface area contributed by atoms with E-state index in [1.807, 2.05) is 54.2 Å². The minimum absolute atomic E-state index is 0.0880. The summed E-state index contributed by atoms with van der Waals surface area (Å²) in [4.78, 5) is 29.7. The van der Waals surface area contributed by atoms with Gasteiger partial charge >= 0.3 is 11.9 Å². The lowest BCUT2D eigenvalue weighted by molar-refractivity contribution is -0.137. The Kier molecular flexibility index (Phi) is 13.6. The maximum atomic E-state index is 13.8. The number of nitrogens with zero attached hydrogens (tertiary/aromatic N) is 1. The Bertz CT molecular complexity index is 2410. The van der Waals surface area contributed by atoms with Gasteiger partial charge in [-0.3, -0.25) is 4.79 Å². The monoisotopic (exact) mass is 782 g/mol. The number of aryl methyl sites for hydroxylation is 3. The van der Waals surface area contributed by atoms with Gasteiger partial charge in [0.25, 0.3) is 0 Å². The number of anilines is 2. The average molecular weight is 783 g/mol. The molecule has 0 amide bonds. The first-order valence-electron chi connectivity index (χ1n) is 20.0. The molecule has 0 fully saturated rings. The van der Waals surface area contributed by atoms with Crippen LogP contribution in [0.2, 0.25) is 0 Å². The van der Waals surface area contributed by atoms with Crippen molar-refractivity contribution in [2.45, 2.75) is 85.5 Å². The lowest BCUT2D eigenvalue weighted by Gasteiger charge is -2.22. The van der Waals surface area contributed by atoms with Gasteiger partial charge in [-0.15, -0.1) is 0 Å². The summed E-state index contributed by atoms with van der Waals surface area (Å²) in [6, 6.07) is 32.6. The van der Waals surface area contributed by atoms with Crippen molar-refractivity contribution in [1.29, 1.82) is 0 Å². The standard InChI is InChI=1S/C49H54N2O5S/c1-7-34-18-13-16-32(2)46(34)50-35-23-25-39-42(30-35)56-43-31-36(51-47-33(3)17-14-21-41(47)49(4,5)6)24-26-40(43)45(39)37-19-10-11-20-38(37)48(54)55-27-15-29-57-28-12-8-9-22-44(52)53/h10-11,13-14,16-21,23-26,30-31,50H,7-9,12,15,22,27-29H2,1-6H3,(H,52,53)/b51-36+. The fourth-order valence-electron chi connectivity index (χ4n) is 7.25. The number of benzene rings is 5. The number of thioether (sulfide) groups is 1. The molecule has 1 heterocycles. The Morgan fingerprint density at radius 2 is 1.60 bits per heavy atom. The number of carbonyl (C=O) groups is 2. The molecule has 7 nitrogen and oxygen atoms in total. The highest BCUT2D eigenvalue weighted by Gasteiger charge is 2.23. The summed E-state index contributed by atoms with van der Waals surface area (Å²) >= 11 is 1.81. The highest BCUT2D eigenvalue weighted by Crippen LogP contribution is 2.43. The van der Waals surface area contributed by atoms with E-state index in [0.717, 1.165) is 87.2 Å².